The second kappa shape index (κ2) is 9.20. The summed E-state index contributed by atoms with van der Waals surface area (Å²) in [5, 5.41) is 12.9. The normalized spacial score (nSPS) is 11.8. The van der Waals surface area contributed by atoms with Gasteiger partial charge in [0.1, 0.15) is 6.04 Å². The summed E-state index contributed by atoms with van der Waals surface area (Å²) in [7, 11) is 0. The molecule has 0 aliphatic heterocycles. The van der Waals surface area contributed by atoms with E-state index in [2.05, 4.69) is 5.32 Å². The van der Waals surface area contributed by atoms with Crippen molar-refractivity contribution >= 4 is 23.5 Å². The highest BCUT2D eigenvalue weighted by Gasteiger charge is 2.27. The number of carboxylic acid groups (broad SMARTS) is 1. The molecule has 142 valence electrons. The molecule has 0 radical (unpaired) electrons. The Morgan fingerprint density at radius 1 is 0.857 bits per heavy atom. The van der Waals surface area contributed by atoms with Gasteiger partial charge >= 0.3 is 5.97 Å². The molecule has 0 spiro atoms. The third kappa shape index (κ3) is 4.99. The lowest BCUT2D eigenvalue weighted by atomic mass is 9.90. The molecule has 0 bridgehead atoms. The molecule has 0 saturated carbocycles. The highest BCUT2D eigenvalue weighted by molar-refractivity contribution is 6.30. The van der Waals surface area contributed by atoms with E-state index in [4.69, 9.17) is 11.6 Å². The van der Waals surface area contributed by atoms with Crippen molar-refractivity contribution in [2.24, 2.45) is 0 Å². The van der Waals surface area contributed by atoms with Crippen molar-refractivity contribution in [1.82, 2.24) is 5.32 Å². The maximum atomic E-state index is 13.1. The first kappa shape index (κ1) is 19.6. The summed E-state index contributed by atoms with van der Waals surface area (Å²) < 4.78 is 0. The predicted molar refractivity (Wildman–Crippen MR) is 109 cm³/mol. The van der Waals surface area contributed by atoms with E-state index in [1.54, 1.807) is 24.3 Å². The maximum Gasteiger partial charge on any atom is 0.326 e. The molecule has 3 aromatic rings. The summed E-state index contributed by atoms with van der Waals surface area (Å²) in [4.78, 5) is 24.9. The first-order valence-electron chi connectivity index (χ1n) is 8.92. The van der Waals surface area contributed by atoms with Crippen LogP contribution in [0.25, 0.3) is 0 Å². The van der Waals surface area contributed by atoms with Gasteiger partial charge in [0.2, 0.25) is 5.91 Å². The Kier molecular flexibility index (Phi) is 6.45. The van der Waals surface area contributed by atoms with Crippen LogP contribution in [0.1, 0.15) is 22.6 Å². The van der Waals surface area contributed by atoms with Gasteiger partial charge in [-0.2, -0.15) is 0 Å². The lowest BCUT2D eigenvalue weighted by molar-refractivity contribution is -0.141. The first-order valence-corrected chi connectivity index (χ1v) is 9.30. The van der Waals surface area contributed by atoms with E-state index >= 15 is 0 Å². The largest absolute Gasteiger partial charge is 0.480 e. The summed E-state index contributed by atoms with van der Waals surface area (Å²) in [6.45, 7) is 0. The van der Waals surface area contributed by atoms with E-state index in [0.717, 1.165) is 16.7 Å². The number of nitrogens with one attached hydrogen (secondary N) is 1. The lowest BCUT2D eigenvalue weighted by Gasteiger charge is -2.21. The molecule has 1 atom stereocenters. The smallest absolute Gasteiger partial charge is 0.326 e. The van der Waals surface area contributed by atoms with Crippen molar-refractivity contribution in [3.63, 3.8) is 0 Å². The zero-order chi connectivity index (χ0) is 19.9. The van der Waals surface area contributed by atoms with Gasteiger partial charge in [-0.05, 0) is 28.8 Å². The molecule has 3 aromatic carbocycles. The number of aliphatic carboxylic acids is 1. The van der Waals surface area contributed by atoms with Crippen LogP contribution in [0.3, 0.4) is 0 Å². The van der Waals surface area contributed by atoms with Crippen LogP contribution >= 0.6 is 11.6 Å². The minimum atomic E-state index is -1.09. The highest BCUT2D eigenvalue weighted by atomic mass is 35.5. The van der Waals surface area contributed by atoms with E-state index in [9.17, 15) is 14.7 Å². The van der Waals surface area contributed by atoms with Crippen LogP contribution in [0, 0.1) is 0 Å². The highest BCUT2D eigenvalue weighted by Crippen LogP contribution is 2.25. The molecule has 0 heterocycles. The van der Waals surface area contributed by atoms with Gasteiger partial charge < -0.3 is 10.4 Å². The third-order valence-corrected chi connectivity index (χ3v) is 4.71. The summed E-state index contributed by atoms with van der Waals surface area (Å²) in [6, 6.07) is 24.6. The molecule has 0 aliphatic rings. The number of hydrogen-bond acceptors (Lipinski definition) is 2. The average molecular weight is 394 g/mol. The van der Waals surface area contributed by atoms with Gasteiger partial charge in [-0.25, -0.2) is 4.79 Å². The quantitative estimate of drug-likeness (QED) is 0.629. The topological polar surface area (TPSA) is 66.4 Å². The van der Waals surface area contributed by atoms with Crippen LogP contribution in [0.4, 0.5) is 0 Å². The molecular weight excluding hydrogens is 374 g/mol. The molecule has 28 heavy (non-hydrogen) atoms. The minimum absolute atomic E-state index is 0.151. The van der Waals surface area contributed by atoms with Crippen molar-refractivity contribution in [3.8, 4) is 0 Å². The number of hydrogen-bond donors (Lipinski definition) is 2. The molecule has 1 amide bonds. The number of rotatable bonds is 7. The third-order valence-electron chi connectivity index (χ3n) is 4.47. The molecule has 2 N–H and O–H groups in total. The van der Waals surface area contributed by atoms with Crippen molar-refractivity contribution < 1.29 is 14.7 Å². The summed E-state index contributed by atoms with van der Waals surface area (Å²) >= 11 is 5.99. The number of carboxylic acids is 1. The number of halogens is 1. The fourth-order valence-electron chi connectivity index (χ4n) is 3.14. The summed E-state index contributed by atoms with van der Waals surface area (Å²) in [5.41, 5.74) is 2.35. The standard InChI is InChI=1S/C23H20ClNO3/c24-19-13-7-8-16(14-19)15-20(23(27)28)25-22(26)21(17-9-3-1-4-10-17)18-11-5-2-6-12-18/h1-14,20-21H,15H2,(H,25,26)(H,27,28)/t20-/m0/s1. The van der Waals surface area contributed by atoms with E-state index in [1.165, 1.54) is 0 Å². The van der Waals surface area contributed by atoms with Crippen LogP contribution in [-0.2, 0) is 16.0 Å². The van der Waals surface area contributed by atoms with Crippen LogP contribution in [0.5, 0.6) is 0 Å². The van der Waals surface area contributed by atoms with Gasteiger partial charge in [0.25, 0.3) is 0 Å². The van der Waals surface area contributed by atoms with Gasteiger partial charge in [0.15, 0.2) is 0 Å². The van der Waals surface area contributed by atoms with E-state index < -0.39 is 17.9 Å². The zero-order valence-corrected chi connectivity index (χ0v) is 15.8. The number of benzene rings is 3. The molecule has 0 aromatic heterocycles. The maximum absolute atomic E-state index is 13.1. The number of amides is 1. The second-order valence-electron chi connectivity index (χ2n) is 6.49. The van der Waals surface area contributed by atoms with Crippen molar-refractivity contribution in [1.29, 1.82) is 0 Å². The number of carbonyl (C=O) groups excluding carboxylic acids is 1. The minimum Gasteiger partial charge on any atom is -0.480 e. The lowest BCUT2D eigenvalue weighted by Crippen LogP contribution is -2.44. The monoisotopic (exact) mass is 393 g/mol. The molecule has 4 nitrogen and oxygen atoms in total. The zero-order valence-electron chi connectivity index (χ0n) is 15.1. The summed E-state index contributed by atoms with van der Waals surface area (Å²) in [5.74, 6) is -2.04. The molecule has 0 aliphatic carbocycles. The van der Waals surface area contributed by atoms with Gasteiger partial charge in [0, 0.05) is 11.4 Å². The van der Waals surface area contributed by atoms with E-state index in [1.807, 2.05) is 60.7 Å². The summed E-state index contributed by atoms with van der Waals surface area (Å²) in [6.07, 6.45) is 0.151. The molecule has 5 heteroatoms. The van der Waals surface area contributed by atoms with Gasteiger partial charge in [-0.3, -0.25) is 4.79 Å². The molecule has 0 unspecified atom stereocenters. The average Bonchev–Trinajstić information content (AvgIpc) is 2.69. The fraction of sp³-hybridized carbons (Fsp3) is 0.130. The van der Waals surface area contributed by atoms with Gasteiger partial charge in [0.05, 0.1) is 5.92 Å². The Balaban J connectivity index is 1.86. The van der Waals surface area contributed by atoms with Crippen LogP contribution in [0.15, 0.2) is 84.9 Å². The van der Waals surface area contributed by atoms with Crippen LogP contribution in [0.2, 0.25) is 5.02 Å². The molecular formula is C23H20ClNO3. The van der Waals surface area contributed by atoms with E-state index in [-0.39, 0.29) is 12.3 Å². The molecule has 0 fully saturated rings. The second-order valence-corrected chi connectivity index (χ2v) is 6.92. The Labute approximate surface area is 168 Å². The van der Waals surface area contributed by atoms with Crippen molar-refractivity contribution in [2.45, 2.75) is 18.4 Å². The Morgan fingerprint density at radius 3 is 1.93 bits per heavy atom. The van der Waals surface area contributed by atoms with Crippen molar-refractivity contribution in [3.05, 3.63) is 107 Å². The van der Waals surface area contributed by atoms with Gasteiger partial charge in [-0.1, -0.05) is 84.4 Å². The number of carbonyl (C=O) groups is 2. The first-order chi connectivity index (χ1) is 13.5. The van der Waals surface area contributed by atoms with E-state index in [0.29, 0.717) is 5.02 Å². The Bertz CT molecular complexity index is 905. The van der Waals surface area contributed by atoms with Gasteiger partial charge in [-0.15, -0.1) is 0 Å². The predicted octanol–water partition coefficient (Wildman–Crippen LogP) is 4.28. The van der Waals surface area contributed by atoms with Crippen molar-refractivity contribution in [2.75, 3.05) is 0 Å². The molecule has 0 saturated heterocycles. The van der Waals surface area contributed by atoms with Crippen LogP contribution < -0.4 is 5.32 Å². The molecule has 3 rings (SSSR count). The van der Waals surface area contributed by atoms with Crippen LogP contribution in [-0.4, -0.2) is 23.0 Å². The fourth-order valence-corrected chi connectivity index (χ4v) is 3.35. The Hall–Kier alpha value is -3.11. The SMILES string of the molecule is O=C(N[C@@H](Cc1cccc(Cl)c1)C(=O)O)C(c1ccccc1)c1ccccc1. The Morgan fingerprint density at radius 2 is 1.43 bits per heavy atom.